The number of nitrogens with zero attached hydrogens (tertiary/aromatic N) is 3. The number of aromatic nitrogens is 2. The van der Waals surface area contributed by atoms with Crippen LogP contribution in [0, 0.1) is 5.92 Å². The van der Waals surface area contributed by atoms with Crippen LogP contribution in [0.4, 0.5) is 0 Å². The molecule has 2 aromatic rings. The SMILES string of the molecule is CN=C(NCCC(C)C)NCc1ccn(-c2ccc(OC)cc2)n1.I. The van der Waals surface area contributed by atoms with E-state index in [0.29, 0.717) is 12.5 Å². The second kappa shape index (κ2) is 11.0. The van der Waals surface area contributed by atoms with E-state index in [4.69, 9.17) is 4.74 Å². The highest BCUT2D eigenvalue weighted by atomic mass is 127. The van der Waals surface area contributed by atoms with Crippen LogP contribution < -0.4 is 15.4 Å². The number of nitrogens with one attached hydrogen (secondary N) is 2. The number of guanidine groups is 1. The largest absolute Gasteiger partial charge is 0.497 e. The minimum atomic E-state index is 0. The molecule has 0 spiro atoms. The molecule has 138 valence electrons. The van der Waals surface area contributed by atoms with Crippen molar-refractivity contribution in [3.8, 4) is 11.4 Å². The maximum absolute atomic E-state index is 5.17. The zero-order chi connectivity index (χ0) is 17.4. The molecule has 2 N–H and O–H groups in total. The highest BCUT2D eigenvalue weighted by molar-refractivity contribution is 14.0. The molecule has 1 aromatic heterocycles. The lowest BCUT2D eigenvalue weighted by atomic mass is 10.1. The Balaban J connectivity index is 0.00000312. The summed E-state index contributed by atoms with van der Waals surface area (Å²) in [7, 11) is 3.44. The summed E-state index contributed by atoms with van der Waals surface area (Å²) >= 11 is 0. The molecule has 0 saturated carbocycles. The molecule has 0 aliphatic carbocycles. The van der Waals surface area contributed by atoms with Crippen molar-refractivity contribution in [1.82, 2.24) is 20.4 Å². The average Bonchev–Trinajstić information content (AvgIpc) is 3.06. The van der Waals surface area contributed by atoms with Crippen LogP contribution >= 0.6 is 24.0 Å². The Morgan fingerprint density at radius 3 is 2.52 bits per heavy atom. The summed E-state index contributed by atoms with van der Waals surface area (Å²) in [6.45, 7) is 5.97. The maximum Gasteiger partial charge on any atom is 0.191 e. The number of methoxy groups -OCH3 is 1. The van der Waals surface area contributed by atoms with Gasteiger partial charge in [0, 0.05) is 19.8 Å². The zero-order valence-electron chi connectivity index (χ0n) is 15.3. The first-order chi connectivity index (χ1) is 11.6. The van der Waals surface area contributed by atoms with Gasteiger partial charge >= 0.3 is 0 Å². The Morgan fingerprint density at radius 2 is 1.92 bits per heavy atom. The third kappa shape index (κ3) is 6.93. The second-order valence-electron chi connectivity index (χ2n) is 5.98. The van der Waals surface area contributed by atoms with Crippen molar-refractivity contribution in [3.05, 3.63) is 42.2 Å². The highest BCUT2D eigenvalue weighted by Crippen LogP contribution is 2.14. The van der Waals surface area contributed by atoms with Crippen LogP contribution in [0.1, 0.15) is 26.0 Å². The quantitative estimate of drug-likeness (QED) is 0.381. The smallest absolute Gasteiger partial charge is 0.191 e. The van der Waals surface area contributed by atoms with E-state index in [0.717, 1.165) is 36.1 Å². The Morgan fingerprint density at radius 1 is 1.20 bits per heavy atom. The van der Waals surface area contributed by atoms with Crippen LogP contribution in [0.2, 0.25) is 0 Å². The van der Waals surface area contributed by atoms with Crippen molar-refractivity contribution in [2.45, 2.75) is 26.8 Å². The molecule has 1 aromatic carbocycles. The molecule has 1 heterocycles. The van der Waals surface area contributed by atoms with Crippen LogP contribution in [0.5, 0.6) is 5.75 Å². The lowest BCUT2D eigenvalue weighted by molar-refractivity contribution is 0.414. The molecule has 6 nitrogen and oxygen atoms in total. The van der Waals surface area contributed by atoms with Crippen molar-refractivity contribution >= 4 is 29.9 Å². The summed E-state index contributed by atoms with van der Waals surface area (Å²) in [4.78, 5) is 4.23. The number of aliphatic imine (C=N–C) groups is 1. The van der Waals surface area contributed by atoms with E-state index in [1.165, 1.54) is 0 Å². The third-order valence-corrected chi connectivity index (χ3v) is 3.66. The number of rotatable bonds is 7. The number of benzene rings is 1. The highest BCUT2D eigenvalue weighted by Gasteiger charge is 2.04. The van der Waals surface area contributed by atoms with Gasteiger partial charge in [-0.15, -0.1) is 24.0 Å². The van der Waals surface area contributed by atoms with E-state index in [1.54, 1.807) is 14.2 Å². The van der Waals surface area contributed by atoms with Crippen LogP contribution in [0.3, 0.4) is 0 Å². The van der Waals surface area contributed by atoms with Crippen molar-refractivity contribution in [2.75, 3.05) is 20.7 Å². The average molecular weight is 457 g/mol. The standard InChI is InChI=1S/C18H27N5O.HI/c1-14(2)9-11-20-18(19-3)21-13-15-10-12-23(22-15)16-5-7-17(24-4)8-6-16;/h5-8,10,12,14H,9,11,13H2,1-4H3,(H2,19,20,21);1H. The van der Waals surface area contributed by atoms with E-state index in [9.17, 15) is 0 Å². The van der Waals surface area contributed by atoms with Crippen LogP contribution in [0.25, 0.3) is 5.69 Å². The minimum Gasteiger partial charge on any atom is -0.497 e. The van der Waals surface area contributed by atoms with Gasteiger partial charge in [0.25, 0.3) is 0 Å². The van der Waals surface area contributed by atoms with Gasteiger partial charge in [-0.25, -0.2) is 4.68 Å². The molecule has 0 unspecified atom stereocenters. The first kappa shape index (κ1) is 21.3. The Hall–Kier alpha value is -1.77. The molecule has 0 fully saturated rings. The molecule has 0 saturated heterocycles. The van der Waals surface area contributed by atoms with Crippen molar-refractivity contribution in [2.24, 2.45) is 10.9 Å². The summed E-state index contributed by atoms with van der Waals surface area (Å²) in [5, 5.41) is 11.2. The molecule has 0 aliphatic heterocycles. The number of hydrogen-bond donors (Lipinski definition) is 2. The van der Waals surface area contributed by atoms with Crippen molar-refractivity contribution in [3.63, 3.8) is 0 Å². The Kier molecular flexibility index (Phi) is 9.33. The van der Waals surface area contributed by atoms with E-state index in [1.807, 2.05) is 41.2 Å². The van der Waals surface area contributed by atoms with Gasteiger partial charge in [-0.3, -0.25) is 4.99 Å². The van der Waals surface area contributed by atoms with Gasteiger partial charge in [0.05, 0.1) is 25.0 Å². The van der Waals surface area contributed by atoms with Gasteiger partial charge in [-0.1, -0.05) is 13.8 Å². The molecule has 25 heavy (non-hydrogen) atoms. The second-order valence-corrected chi connectivity index (χ2v) is 5.98. The normalized spacial score (nSPS) is 11.2. The first-order valence-electron chi connectivity index (χ1n) is 8.26. The molecule has 0 atom stereocenters. The fourth-order valence-corrected chi connectivity index (χ4v) is 2.21. The van der Waals surface area contributed by atoms with Gasteiger partial charge < -0.3 is 15.4 Å². The fourth-order valence-electron chi connectivity index (χ4n) is 2.21. The monoisotopic (exact) mass is 457 g/mol. The molecule has 0 radical (unpaired) electrons. The number of ether oxygens (including phenoxy) is 1. The molecule has 7 heteroatoms. The third-order valence-electron chi connectivity index (χ3n) is 3.66. The first-order valence-corrected chi connectivity index (χ1v) is 8.26. The van der Waals surface area contributed by atoms with Gasteiger partial charge in [-0.2, -0.15) is 5.10 Å². The number of halogens is 1. The van der Waals surface area contributed by atoms with Crippen molar-refractivity contribution in [1.29, 1.82) is 0 Å². The zero-order valence-corrected chi connectivity index (χ0v) is 17.7. The molecule has 0 bridgehead atoms. The van der Waals surface area contributed by atoms with Gasteiger partial charge in [0.2, 0.25) is 0 Å². The van der Waals surface area contributed by atoms with Crippen LogP contribution in [-0.2, 0) is 6.54 Å². The van der Waals surface area contributed by atoms with E-state index in [2.05, 4.69) is 34.6 Å². The van der Waals surface area contributed by atoms with Gasteiger partial charge in [0.15, 0.2) is 5.96 Å². The van der Waals surface area contributed by atoms with Crippen LogP contribution in [-0.4, -0.2) is 36.4 Å². The number of hydrogen-bond acceptors (Lipinski definition) is 3. The molecule has 0 aliphatic rings. The van der Waals surface area contributed by atoms with Crippen molar-refractivity contribution < 1.29 is 4.74 Å². The topological polar surface area (TPSA) is 63.5 Å². The predicted molar refractivity (Wildman–Crippen MR) is 113 cm³/mol. The van der Waals surface area contributed by atoms with Crippen LogP contribution in [0.15, 0.2) is 41.5 Å². The summed E-state index contributed by atoms with van der Waals surface area (Å²) in [5.41, 5.74) is 1.96. The summed E-state index contributed by atoms with van der Waals surface area (Å²) in [6, 6.07) is 9.81. The molecule has 2 rings (SSSR count). The fraction of sp³-hybridized carbons (Fsp3) is 0.444. The van der Waals surface area contributed by atoms with Gasteiger partial charge in [0.1, 0.15) is 5.75 Å². The molecular weight excluding hydrogens is 429 g/mol. The summed E-state index contributed by atoms with van der Waals surface area (Å²) in [6.07, 6.45) is 3.07. The van der Waals surface area contributed by atoms with E-state index in [-0.39, 0.29) is 24.0 Å². The Labute approximate surface area is 167 Å². The Bertz CT molecular complexity index is 652. The molecular formula is C18H28IN5O. The maximum atomic E-state index is 5.17. The molecule has 0 amide bonds. The van der Waals surface area contributed by atoms with Gasteiger partial charge in [-0.05, 0) is 42.7 Å². The summed E-state index contributed by atoms with van der Waals surface area (Å²) in [5.74, 6) is 2.31. The van der Waals surface area contributed by atoms with E-state index >= 15 is 0 Å². The lowest BCUT2D eigenvalue weighted by Gasteiger charge is -2.12. The predicted octanol–water partition coefficient (Wildman–Crippen LogP) is 3.21. The van der Waals surface area contributed by atoms with E-state index < -0.39 is 0 Å². The minimum absolute atomic E-state index is 0. The summed E-state index contributed by atoms with van der Waals surface area (Å²) < 4.78 is 7.03. The lowest BCUT2D eigenvalue weighted by Crippen LogP contribution is -2.37.